The molecule has 0 saturated heterocycles. The van der Waals surface area contributed by atoms with Crippen molar-refractivity contribution >= 4 is 17.1 Å². The summed E-state index contributed by atoms with van der Waals surface area (Å²) >= 11 is 0. The van der Waals surface area contributed by atoms with E-state index in [-0.39, 0.29) is 17.8 Å². The summed E-state index contributed by atoms with van der Waals surface area (Å²) in [4.78, 5) is 40.8. The van der Waals surface area contributed by atoms with Crippen molar-refractivity contribution in [2.24, 2.45) is 14.1 Å². The molecule has 25 heavy (non-hydrogen) atoms. The molecule has 0 aliphatic carbocycles. The average molecular weight is 346 g/mol. The van der Waals surface area contributed by atoms with Crippen LogP contribution in [0.4, 0.5) is 4.39 Å². The Kier molecular flexibility index (Phi) is 4.22. The molecule has 8 nitrogen and oxygen atoms in total. The van der Waals surface area contributed by atoms with Gasteiger partial charge >= 0.3 is 11.7 Å². The third-order valence-corrected chi connectivity index (χ3v) is 3.80. The smallest absolute Gasteiger partial charge is 0.333 e. The van der Waals surface area contributed by atoms with E-state index in [4.69, 9.17) is 4.74 Å². The highest BCUT2D eigenvalue weighted by atomic mass is 19.1. The highest BCUT2D eigenvalue weighted by Gasteiger charge is 2.17. The number of aromatic nitrogens is 4. The van der Waals surface area contributed by atoms with Crippen LogP contribution in [-0.4, -0.2) is 24.7 Å². The van der Waals surface area contributed by atoms with Gasteiger partial charge in [-0.1, -0.05) is 12.1 Å². The number of fused-ring (bicyclic) bond motifs is 1. The average Bonchev–Trinajstić information content (AvgIpc) is 2.98. The van der Waals surface area contributed by atoms with Crippen LogP contribution >= 0.6 is 0 Å². The van der Waals surface area contributed by atoms with E-state index in [1.54, 1.807) is 7.05 Å². The number of carbonyl (C=O) groups is 1. The maximum Gasteiger partial charge on any atom is 0.333 e. The number of halogens is 1. The quantitative estimate of drug-likeness (QED) is 0.635. The zero-order chi connectivity index (χ0) is 18.1. The van der Waals surface area contributed by atoms with Crippen molar-refractivity contribution in [3.63, 3.8) is 0 Å². The van der Waals surface area contributed by atoms with Gasteiger partial charge in [-0.05, 0) is 17.7 Å². The molecule has 0 unspecified atom stereocenters. The number of esters is 1. The number of nitrogens with zero attached hydrogens (tertiary/aromatic N) is 4. The molecule has 3 aromatic rings. The van der Waals surface area contributed by atoms with Gasteiger partial charge < -0.3 is 9.30 Å². The van der Waals surface area contributed by atoms with Crippen molar-refractivity contribution in [2.45, 2.75) is 13.2 Å². The zero-order valence-electron chi connectivity index (χ0n) is 13.6. The van der Waals surface area contributed by atoms with Crippen LogP contribution in [0.5, 0.6) is 0 Å². The van der Waals surface area contributed by atoms with Crippen molar-refractivity contribution in [1.29, 1.82) is 0 Å². The standard InChI is InChI=1S/C16H15FN4O4/c1-19-9-18-14-13(19)15(23)21(16(24)20(14)2)7-12(22)25-8-10-3-5-11(17)6-4-10/h3-6,9H,7-8H2,1-2H3. The van der Waals surface area contributed by atoms with E-state index in [1.165, 1.54) is 46.8 Å². The molecule has 130 valence electrons. The lowest BCUT2D eigenvalue weighted by atomic mass is 10.2. The molecule has 2 heterocycles. The van der Waals surface area contributed by atoms with Crippen LogP contribution in [-0.2, 0) is 36.8 Å². The third-order valence-electron chi connectivity index (χ3n) is 3.80. The molecule has 1 aromatic carbocycles. The maximum absolute atomic E-state index is 12.8. The molecular formula is C16H15FN4O4. The Morgan fingerprint density at radius 3 is 2.56 bits per heavy atom. The van der Waals surface area contributed by atoms with Crippen LogP contribution in [0.1, 0.15) is 5.56 Å². The number of imidazole rings is 1. The van der Waals surface area contributed by atoms with E-state index in [0.717, 1.165) is 4.57 Å². The molecule has 0 atom stereocenters. The van der Waals surface area contributed by atoms with E-state index in [1.807, 2.05) is 0 Å². The van der Waals surface area contributed by atoms with Crippen LogP contribution in [0.15, 0.2) is 40.2 Å². The molecule has 0 aliphatic heterocycles. The third kappa shape index (κ3) is 3.08. The molecule has 0 N–H and O–H groups in total. The van der Waals surface area contributed by atoms with Gasteiger partial charge in [-0.3, -0.25) is 14.2 Å². The van der Waals surface area contributed by atoms with Gasteiger partial charge in [0.2, 0.25) is 0 Å². The second-order valence-electron chi connectivity index (χ2n) is 5.55. The fourth-order valence-corrected chi connectivity index (χ4v) is 2.45. The molecule has 0 amide bonds. The molecule has 0 aliphatic rings. The van der Waals surface area contributed by atoms with Gasteiger partial charge in [0, 0.05) is 14.1 Å². The molecule has 9 heteroatoms. The lowest BCUT2D eigenvalue weighted by Crippen LogP contribution is -2.41. The molecule has 0 radical (unpaired) electrons. The minimum atomic E-state index is -0.745. The predicted molar refractivity (Wildman–Crippen MR) is 86.4 cm³/mol. The zero-order valence-corrected chi connectivity index (χ0v) is 13.6. The Bertz CT molecular complexity index is 1060. The summed E-state index contributed by atoms with van der Waals surface area (Å²) < 4.78 is 21.4. The Morgan fingerprint density at radius 1 is 1.20 bits per heavy atom. The largest absolute Gasteiger partial charge is 0.459 e. The second kappa shape index (κ2) is 6.34. The van der Waals surface area contributed by atoms with E-state index in [2.05, 4.69) is 4.98 Å². The van der Waals surface area contributed by atoms with Gasteiger partial charge in [-0.15, -0.1) is 0 Å². The Hall–Kier alpha value is -3.23. The SMILES string of the molecule is Cn1cnc2c1c(=O)n(CC(=O)OCc1ccc(F)cc1)c(=O)n2C. The van der Waals surface area contributed by atoms with Gasteiger partial charge in [-0.2, -0.15) is 0 Å². The van der Waals surface area contributed by atoms with Crippen molar-refractivity contribution < 1.29 is 13.9 Å². The molecular weight excluding hydrogens is 331 g/mol. The van der Waals surface area contributed by atoms with Gasteiger partial charge in [-0.25, -0.2) is 18.7 Å². The number of rotatable bonds is 4. The van der Waals surface area contributed by atoms with Crippen LogP contribution in [0.2, 0.25) is 0 Å². The summed E-state index contributed by atoms with van der Waals surface area (Å²) in [5.41, 5.74) is -0.217. The van der Waals surface area contributed by atoms with Crippen molar-refractivity contribution in [3.05, 3.63) is 62.8 Å². The van der Waals surface area contributed by atoms with Crippen molar-refractivity contribution in [3.8, 4) is 0 Å². The summed E-state index contributed by atoms with van der Waals surface area (Å²) in [6.45, 7) is -0.601. The molecule has 0 saturated carbocycles. The van der Waals surface area contributed by atoms with Gasteiger partial charge in [0.05, 0.1) is 6.33 Å². The fraction of sp³-hybridized carbons (Fsp3) is 0.250. The first kappa shape index (κ1) is 16.6. The fourth-order valence-electron chi connectivity index (χ4n) is 2.45. The van der Waals surface area contributed by atoms with Crippen LogP contribution in [0, 0.1) is 5.82 Å². The topological polar surface area (TPSA) is 88.1 Å². The van der Waals surface area contributed by atoms with Crippen LogP contribution in [0.25, 0.3) is 11.2 Å². The molecule has 3 rings (SSSR count). The highest BCUT2D eigenvalue weighted by Crippen LogP contribution is 2.05. The molecule has 2 aromatic heterocycles. The van der Waals surface area contributed by atoms with Gasteiger partial charge in [0.25, 0.3) is 5.56 Å². The maximum atomic E-state index is 12.8. The van der Waals surface area contributed by atoms with Crippen molar-refractivity contribution in [1.82, 2.24) is 18.7 Å². The number of ether oxygens (including phenoxy) is 1. The minimum Gasteiger partial charge on any atom is -0.459 e. The van der Waals surface area contributed by atoms with E-state index in [0.29, 0.717) is 5.56 Å². The van der Waals surface area contributed by atoms with E-state index < -0.39 is 29.6 Å². The predicted octanol–water partition coefficient (Wildman–Crippen LogP) is 0.316. The second-order valence-corrected chi connectivity index (χ2v) is 5.55. The minimum absolute atomic E-state index is 0.0812. The van der Waals surface area contributed by atoms with Gasteiger partial charge in [0.1, 0.15) is 19.0 Å². The monoisotopic (exact) mass is 346 g/mol. The lowest BCUT2D eigenvalue weighted by molar-refractivity contribution is -0.145. The van der Waals surface area contributed by atoms with E-state index >= 15 is 0 Å². The number of hydrogen-bond donors (Lipinski definition) is 0. The Morgan fingerprint density at radius 2 is 1.88 bits per heavy atom. The summed E-state index contributed by atoms with van der Waals surface area (Å²) in [5.74, 6) is -1.14. The molecule has 0 spiro atoms. The summed E-state index contributed by atoms with van der Waals surface area (Å²) in [6.07, 6.45) is 1.42. The Balaban J connectivity index is 1.84. The highest BCUT2D eigenvalue weighted by molar-refractivity contribution is 5.72. The van der Waals surface area contributed by atoms with Gasteiger partial charge in [0.15, 0.2) is 11.2 Å². The van der Waals surface area contributed by atoms with Crippen LogP contribution in [0.3, 0.4) is 0 Å². The first-order valence-corrected chi connectivity index (χ1v) is 7.39. The number of carbonyl (C=O) groups excluding carboxylic acids is 1. The lowest BCUT2D eigenvalue weighted by Gasteiger charge is -2.09. The summed E-state index contributed by atoms with van der Waals surface area (Å²) in [5, 5.41) is 0. The Labute approximate surface area is 140 Å². The first-order valence-electron chi connectivity index (χ1n) is 7.39. The van der Waals surface area contributed by atoms with Crippen LogP contribution < -0.4 is 11.2 Å². The number of hydrogen-bond acceptors (Lipinski definition) is 5. The molecule has 0 fully saturated rings. The van der Waals surface area contributed by atoms with Crippen molar-refractivity contribution in [2.75, 3.05) is 0 Å². The normalized spacial score (nSPS) is 11.0. The summed E-state index contributed by atoms with van der Waals surface area (Å²) in [6, 6.07) is 5.46. The first-order chi connectivity index (χ1) is 11.9. The molecule has 0 bridgehead atoms. The number of aryl methyl sites for hydroxylation is 2. The summed E-state index contributed by atoms with van der Waals surface area (Å²) in [7, 11) is 3.09. The number of benzene rings is 1. The van der Waals surface area contributed by atoms with E-state index in [9.17, 15) is 18.8 Å².